The lowest BCUT2D eigenvalue weighted by Gasteiger charge is -2.20. The van der Waals surface area contributed by atoms with Gasteiger partial charge in [0.15, 0.2) is 0 Å². The van der Waals surface area contributed by atoms with Crippen LogP contribution in [0, 0.1) is 0 Å². The summed E-state index contributed by atoms with van der Waals surface area (Å²) in [7, 11) is -4.29. The Hall–Kier alpha value is -2.06. The first-order valence-electron chi connectivity index (χ1n) is 25.4. The van der Waals surface area contributed by atoms with Crippen molar-refractivity contribution in [2.45, 2.75) is 225 Å². The summed E-state index contributed by atoms with van der Waals surface area (Å²) in [5.74, 6) is -0.339. The summed E-state index contributed by atoms with van der Waals surface area (Å²) >= 11 is 0. The van der Waals surface area contributed by atoms with Gasteiger partial charge >= 0.3 is 13.8 Å². The number of ether oxygens (including phenoxy) is 2. The van der Waals surface area contributed by atoms with E-state index in [2.05, 4.69) is 86.8 Å². The van der Waals surface area contributed by atoms with Crippen molar-refractivity contribution in [3.63, 3.8) is 0 Å². The number of nitrogens with two attached hydrogens (primary N) is 1. The maximum Gasteiger partial charge on any atom is 0.472 e. The molecule has 0 aromatic carbocycles. The number of carbonyl (C=O) groups excluding carboxylic acids is 1. The van der Waals surface area contributed by atoms with Gasteiger partial charge in [-0.25, -0.2) is 4.57 Å². The second-order valence-electron chi connectivity index (χ2n) is 16.6. The first-order chi connectivity index (χ1) is 30.4. The van der Waals surface area contributed by atoms with Crippen molar-refractivity contribution < 1.29 is 32.8 Å². The molecule has 0 aliphatic heterocycles. The molecule has 0 amide bonds. The Kier molecular flexibility index (Phi) is 48.3. The molecule has 2 atom stereocenters. The first kappa shape index (κ1) is 59.9. The van der Waals surface area contributed by atoms with Gasteiger partial charge in [-0.15, -0.1) is 0 Å². The van der Waals surface area contributed by atoms with Crippen LogP contribution in [-0.4, -0.2) is 49.9 Å². The summed E-state index contributed by atoms with van der Waals surface area (Å²) in [6, 6.07) is 0. The molecule has 0 saturated heterocycles. The van der Waals surface area contributed by atoms with Gasteiger partial charge in [-0.05, 0) is 83.5 Å². The van der Waals surface area contributed by atoms with Gasteiger partial charge in [0.25, 0.3) is 0 Å². The van der Waals surface area contributed by atoms with Crippen molar-refractivity contribution in [1.82, 2.24) is 0 Å². The lowest BCUT2D eigenvalue weighted by molar-refractivity contribution is -0.154. The zero-order valence-electron chi connectivity index (χ0n) is 40.1. The largest absolute Gasteiger partial charge is 0.472 e. The fourth-order valence-electron chi connectivity index (χ4n) is 6.90. The molecule has 0 fully saturated rings. The van der Waals surface area contributed by atoms with Gasteiger partial charge in [0.2, 0.25) is 0 Å². The SMILES string of the molecule is CC/C=C\C/C=C\C/C=C\C/C=C\CCCCCCCCCCCCCCCOCC(COP(=O)(O)OCCN)OC(=O)CCCCCCCCC/C=C\C/C=C\CCCCC. The predicted molar refractivity (Wildman–Crippen MR) is 265 cm³/mol. The molecule has 3 N–H and O–H groups in total. The van der Waals surface area contributed by atoms with Crippen molar-refractivity contribution in [2.24, 2.45) is 5.73 Å². The van der Waals surface area contributed by atoms with E-state index in [0.29, 0.717) is 13.0 Å². The topological polar surface area (TPSA) is 117 Å². The molecule has 9 heteroatoms. The number of carbonyl (C=O) groups is 1. The molecule has 2 unspecified atom stereocenters. The van der Waals surface area contributed by atoms with Crippen LogP contribution >= 0.6 is 7.82 Å². The molecule has 0 heterocycles. The summed E-state index contributed by atoms with van der Waals surface area (Å²) in [5, 5.41) is 0. The van der Waals surface area contributed by atoms with E-state index in [1.54, 1.807) is 0 Å². The smallest absolute Gasteiger partial charge is 0.457 e. The van der Waals surface area contributed by atoms with Gasteiger partial charge in [0, 0.05) is 19.6 Å². The zero-order chi connectivity index (χ0) is 45.1. The Labute approximate surface area is 382 Å². The molecule has 0 aromatic heterocycles. The number of allylic oxidation sites excluding steroid dienone is 12. The first-order valence-corrected chi connectivity index (χ1v) is 26.9. The van der Waals surface area contributed by atoms with Crippen LogP contribution in [0.1, 0.15) is 219 Å². The monoisotopic (exact) mass is 890 g/mol. The number of phosphoric ester groups is 1. The third-order valence-corrected chi connectivity index (χ3v) is 11.6. The van der Waals surface area contributed by atoms with Crippen molar-refractivity contribution in [3.8, 4) is 0 Å². The van der Waals surface area contributed by atoms with Crippen LogP contribution in [0.15, 0.2) is 72.9 Å². The van der Waals surface area contributed by atoms with E-state index in [1.165, 1.54) is 128 Å². The summed E-state index contributed by atoms with van der Waals surface area (Å²) in [6.45, 7) is 4.78. The highest BCUT2D eigenvalue weighted by Gasteiger charge is 2.25. The van der Waals surface area contributed by atoms with Crippen LogP contribution in [0.2, 0.25) is 0 Å². The average molecular weight is 890 g/mol. The van der Waals surface area contributed by atoms with E-state index in [4.69, 9.17) is 24.3 Å². The molecular formula is C53H96NO7P. The molecular weight excluding hydrogens is 794 g/mol. The van der Waals surface area contributed by atoms with Crippen LogP contribution in [0.3, 0.4) is 0 Å². The Morgan fingerprint density at radius 3 is 1.35 bits per heavy atom. The minimum atomic E-state index is -4.29. The number of esters is 1. The second kappa shape index (κ2) is 49.9. The van der Waals surface area contributed by atoms with Crippen molar-refractivity contribution in [2.75, 3.05) is 33.0 Å². The maximum absolute atomic E-state index is 12.6. The summed E-state index contributed by atoms with van der Waals surface area (Å²) in [6.07, 6.45) is 63.6. The zero-order valence-corrected chi connectivity index (χ0v) is 41.0. The minimum absolute atomic E-state index is 0.0963. The van der Waals surface area contributed by atoms with Gasteiger partial charge in [-0.2, -0.15) is 0 Å². The highest BCUT2D eigenvalue weighted by atomic mass is 31.2. The third-order valence-electron chi connectivity index (χ3n) is 10.6. The lowest BCUT2D eigenvalue weighted by Crippen LogP contribution is -2.28. The maximum atomic E-state index is 12.6. The minimum Gasteiger partial charge on any atom is -0.457 e. The Balaban J connectivity index is 3.93. The second-order valence-corrected chi connectivity index (χ2v) is 18.1. The van der Waals surface area contributed by atoms with Crippen LogP contribution in [-0.2, 0) is 27.9 Å². The predicted octanol–water partition coefficient (Wildman–Crippen LogP) is 15.9. The third kappa shape index (κ3) is 49.0. The van der Waals surface area contributed by atoms with Crippen LogP contribution in [0.25, 0.3) is 0 Å². The van der Waals surface area contributed by atoms with Gasteiger partial charge in [0.05, 0.1) is 19.8 Å². The molecule has 0 aliphatic carbocycles. The van der Waals surface area contributed by atoms with E-state index < -0.39 is 13.9 Å². The molecule has 0 spiro atoms. The van der Waals surface area contributed by atoms with Crippen molar-refractivity contribution in [3.05, 3.63) is 72.9 Å². The normalized spacial score (nSPS) is 13.9. The molecule has 0 aromatic rings. The van der Waals surface area contributed by atoms with Crippen molar-refractivity contribution in [1.29, 1.82) is 0 Å². The molecule has 0 radical (unpaired) electrons. The summed E-state index contributed by atoms with van der Waals surface area (Å²) < 4.78 is 33.6. The summed E-state index contributed by atoms with van der Waals surface area (Å²) in [4.78, 5) is 22.6. The Morgan fingerprint density at radius 2 is 0.903 bits per heavy atom. The number of rotatable bonds is 48. The number of unbranched alkanes of at least 4 members (excludes halogenated alkanes) is 23. The van der Waals surface area contributed by atoms with Gasteiger partial charge < -0.3 is 20.1 Å². The molecule has 8 nitrogen and oxygen atoms in total. The average Bonchev–Trinajstić information content (AvgIpc) is 3.26. The Bertz CT molecular complexity index is 1180. The van der Waals surface area contributed by atoms with E-state index in [1.807, 2.05) is 0 Å². The fourth-order valence-corrected chi connectivity index (χ4v) is 7.67. The molecule has 0 aliphatic rings. The van der Waals surface area contributed by atoms with Gasteiger partial charge in [-0.1, -0.05) is 202 Å². The quantitative estimate of drug-likeness (QED) is 0.0268. The summed E-state index contributed by atoms with van der Waals surface area (Å²) in [5.41, 5.74) is 5.39. The van der Waals surface area contributed by atoms with Crippen molar-refractivity contribution >= 4 is 13.8 Å². The van der Waals surface area contributed by atoms with Gasteiger partial charge in [-0.3, -0.25) is 13.8 Å². The van der Waals surface area contributed by atoms with Crippen LogP contribution in [0.4, 0.5) is 0 Å². The number of hydrogen-bond acceptors (Lipinski definition) is 7. The van der Waals surface area contributed by atoms with E-state index in [0.717, 1.165) is 70.6 Å². The fraction of sp³-hybridized carbons (Fsp3) is 0.755. The van der Waals surface area contributed by atoms with E-state index in [9.17, 15) is 14.3 Å². The molecule has 0 saturated carbocycles. The highest BCUT2D eigenvalue weighted by molar-refractivity contribution is 7.47. The van der Waals surface area contributed by atoms with Gasteiger partial charge in [0.1, 0.15) is 6.10 Å². The highest BCUT2D eigenvalue weighted by Crippen LogP contribution is 2.43. The number of phosphoric acid groups is 1. The van der Waals surface area contributed by atoms with Crippen LogP contribution in [0.5, 0.6) is 0 Å². The molecule has 360 valence electrons. The van der Waals surface area contributed by atoms with E-state index in [-0.39, 0.29) is 32.3 Å². The molecule has 0 bridgehead atoms. The van der Waals surface area contributed by atoms with E-state index >= 15 is 0 Å². The Morgan fingerprint density at radius 1 is 0.500 bits per heavy atom. The number of hydrogen-bond donors (Lipinski definition) is 2. The van der Waals surface area contributed by atoms with Crippen LogP contribution < -0.4 is 5.73 Å². The lowest BCUT2D eigenvalue weighted by atomic mass is 10.0. The standard InChI is InChI=1S/C53H96NO7P/c1-3-5-7-9-11-13-15-17-19-21-22-23-24-25-26-27-28-29-31-33-35-37-39-41-43-45-48-58-50-52(51-60-62(56,57)59-49-47-54)61-53(55)46-44-42-40-38-36-34-32-30-20-18-16-14-12-10-8-6-4-2/h5,7,11-14,17-20,22-23,52H,3-4,6,8-10,15-16,21,24-51,54H2,1-2H3,(H,56,57)/b7-5-,13-11-,14-12-,19-17-,20-18-,23-22-. The molecule has 62 heavy (non-hydrogen) atoms. The molecule has 0 rings (SSSR count).